The summed E-state index contributed by atoms with van der Waals surface area (Å²) in [7, 11) is 4.38. The molecule has 0 atom stereocenters. The van der Waals surface area contributed by atoms with Gasteiger partial charge in [0.25, 0.3) is 0 Å². The molecule has 1 amide bonds. The number of hydrogen-bond donors (Lipinski definition) is 2. The predicted octanol–water partition coefficient (Wildman–Crippen LogP) is 2.54. The first-order valence-corrected chi connectivity index (χ1v) is 7.51. The van der Waals surface area contributed by atoms with E-state index < -0.39 is 5.97 Å². The zero-order chi connectivity index (χ0) is 18.2. The Labute approximate surface area is 145 Å². The molecule has 2 N–H and O–H groups in total. The maximum Gasteiger partial charge on any atom is 0.337 e. The molecule has 2 rings (SSSR count). The van der Waals surface area contributed by atoms with Gasteiger partial charge in [0.1, 0.15) is 11.5 Å². The summed E-state index contributed by atoms with van der Waals surface area (Å²) in [5.41, 5.74) is 1.55. The van der Waals surface area contributed by atoms with E-state index in [0.29, 0.717) is 28.4 Å². The van der Waals surface area contributed by atoms with E-state index in [9.17, 15) is 9.59 Å². The number of anilines is 2. The van der Waals surface area contributed by atoms with Crippen LogP contribution in [0.25, 0.3) is 0 Å². The SMILES string of the molecule is COC(=O)c1cccc(NCC(=O)Nc2cc(OC)ccc2OC)c1. The molecule has 0 spiro atoms. The van der Waals surface area contributed by atoms with Crippen molar-refractivity contribution < 1.29 is 23.8 Å². The maximum atomic E-state index is 12.2. The number of amides is 1. The van der Waals surface area contributed by atoms with E-state index in [1.54, 1.807) is 49.6 Å². The third-order valence-corrected chi connectivity index (χ3v) is 3.42. The summed E-state index contributed by atoms with van der Waals surface area (Å²) in [6.45, 7) is 0.0188. The zero-order valence-electron chi connectivity index (χ0n) is 14.3. The van der Waals surface area contributed by atoms with Crippen LogP contribution >= 0.6 is 0 Å². The van der Waals surface area contributed by atoms with E-state index in [4.69, 9.17) is 9.47 Å². The van der Waals surface area contributed by atoms with Crippen LogP contribution in [0.3, 0.4) is 0 Å². The van der Waals surface area contributed by atoms with Gasteiger partial charge < -0.3 is 24.8 Å². The van der Waals surface area contributed by atoms with Crippen LogP contribution in [0, 0.1) is 0 Å². The number of nitrogens with one attached hydrogen (secondary N) is 2. The Morgan fingerprint density at radius 2 is 1.80 bits per heavy atom. The van der Waals surface area contributed by atoms with Crippen LogP contribution in [0.2, 0.25) is 0 Å². The molecule has 0 heterocycles. The second kappa shape index (κ2) is 8.58. The highest BCUT2D eigenvalue weighted by Gasteiger charge is 2.10. The van der Waals surface area contributed by atoms with Crippen molar-refractivity contribution in [2.75, 3.05) is 38.5 Å². The predicted molar refractivity (Wildman–Crippen MR) is 94.4 cm³/mol. The van der Waals surface area contributed by atoms with Crippen LogP contribution in [0.4, 0.5) is 11.4 Å². The van der Waals surface area contributed by atoms with E-state index in [2.05, 4.69) is 15.4 Å². The molecule has 0 radical (unpaired) electrons. The third kappa shape index (κ3) is 4.87. The molecule has 2 aromatic carbocycles. The highest BCUT2D eigenvalue weighted by atomic mass is 16.5. The summed E-state index contributed by atoms with van der Waals surface area (Å²) in [6.07, 6.45) is 0. The van der Waals surface area contributed by atoms with Crippen molar-refractivity contribution in [1.29, 1.82) is 0 Å². The molecule has 0 saturated carbocycles. The monoisotopic (exact) mass is 344 g/mol. The smallest absolute Gasteiger partial charge is 0.337 e. The Morgan fingerprint density at radius 1 is 1.00 bits per heavy atom. The topological polar surface area (TPSA) is 85.9 Å². The minimum absolute atomic E-state index is 0.0188. The number of hydrogen-bond acceptors (Lipinski definition) is 6. The molecule has 2 aromatic rings. The van der Waals surface area contributed by atoms with Crippen LogP contribution in [-0.4, -0.2) is 39.8 Å². The fourth-order valence-electron chi connectivity index (χ4n) is 2.16. The number of ether oxygens (including phenoxy) is 3. The van der Waals surface area contributed by atoms with Crippen molar-refractivity contribution in [3.05, 3.63) is 48.0 Å². The van der Waals surface area contributed by atoms with E-state index in [0.717, 1.165) is 0 Å². The van der Waals surface area contributed by atoms with Gasteiger partial charge in [0.15, 0.2) is 0 Å². The molecular formula is C18H20N2O5. The van der Waals surface area contributed by atoms with Crippen molar-refractivity contribution >= 4 is 23.3 Å². The molecule has 0 saturated heterocycles. The van der Waals surface area contributed by atoms with Crippen LogP contribution in [0.5, 0.6) is 11.5 Å². The first kappa shape index (κ1) is 18.1. The van der Waals surface area contributed by atoms with E-state index in [1.165, 1.54) is 14.2 Å². The lowest BCUT2D eigenvalue weighted by molar-refractivity contribution is -0.114. The molecule has 0 unspecified atom stereocenters. The van der Waals surface area contributed by atoms with Crippen molar-refractivity contribution in [3.8, 4) is 11.5 Å². The Balaban J connectivity index is 2.00. The van der Waals surface area contributed by atoms with Crippen molar-refractivity contribution in [1.82, 2.24) is 0 Å². The normalized spacial score (nSPS) is 9.88. The highest BCUT2D eigenvalue weighted by molar-refractivity contribution is 5.95. The third-order valence-electron chi connectivity index (χ3n) is 3.42. The van der Waals surface area contributed by atoms with Crippen molar-refractivity contribution in [2.45, 2.75) is 0 Å². The minimum Gasteiger partial charge on any atom is -0.497 e. The molecule has 132 valence electrons. The molecule has 0 aliphatic rings. The van der Waals surface area contributed by atoms with Gasteiger partial charge >= 0.3 is 5.97 Å². The quantitative estimate of drug-likeness (QED) is 0.751. The van der Waals surface area contributed by atoms with Gasteiger partial charge in [-0.25, -0.2) is 4.79 Å². The molecule has 0 fully saturated rings. The lowest BCUT2D eigenvalue weighted by atomic mass is 10.2. The molecule has 7 heteroatoms. The summed E-state index contributed by atoms with van der Waals surface area (Å²) in [6, 6.07) is 11.8. The summed E-state index contributed by atoms with van der Waals surface area (Å²) in [4.78, 5) is 23.7. The molecule has 7 nitrogen and oxygen atoms in total. The van der Waals surface area contributed by atoms with Gasteiger partial charge in [-0.1, -0.05) is 6.07 Å². The van der Waals surface area contributed by atoms with Gasteiger partial charge in [0, 0.05) is 11.8 Å². The lowest BCUT2D eigenvalue weighted by Crippen LogP contribution is -2.22. The number of carbonyl (C=O) groups is 2. The van der Waals surface area contributed by atoms with Crippen molar-refractivity contribution in [2.24, 2.45) is 0 Å². The van der Waals surface area contributed by atoms with Gasteiger partial charge in [-0.2, -0.15) is 0 Å². The number of esters is 1. The lowest BCUT2D eigenvalue weighted by Gasteiger charge is -2.12. The van der Waals surface area contributed by atoms with E-state index >= 15 is 0 Å². The van der Waals surface area contributed by atoms with Gasteiger partial charge in [0.2, 0.25) is 5.91 Å². The maximum absolute atomic E-state index is 12.2. The summed E-state index contributed by atoms with van der Waals surface area (Å²) < 4.78 is 15.0. The Kier molecular flexibility index (Phi) is 6.22. The van der Waals surface area contributed by atoms with Crippen LogP contribution in [-0.2, 0) is 9.53 Å². The largest absolute Gasteiger partial charge is 0.497 e. The fraction of sp³-hybridized carbons (Fsp3) is 0.222. The Bertz CT molecular complexity index is 761. The number of methoxy groups -OCH3 is 3. The number of rotatable bonds is 7. The average molecular weight is 344 g/mol. The molecule has 0 bridgehead atoms. The van der Waals surface area contributed by atoms with Gasteiger partial charge in [-0.05, 0) is 30.3 Å². The molecule has 0 aromatic heterocycles. The molecule has 0 aliphatic carbocycles. The summed E-state index contributed by atoms with van der Waals surface area (Å²) in [5.74, 6) is 0.431. The van der Waals surface area contributed by atoms with Gasteiger partial charge in [0.05, 0.1) is 39.1 Å². The zero-order valence-corrected chi connectivity index (χ0v) is 14.3. The minimum atomic E-state index is -0.436. The van der Waals surface area contributed by atoms with E-state index in [-0.39, 0.29) is 12.5 Å². The van der Waals surface area contributed by atoms with Crippen LogP contribution < -0.4 is 20.1 Å². The van der Waals surface area contributed by atoms with Crippen molar-refractivity contribution in [3.63, 3.8) is 0 Å². The summed E-state index contributed by atoms with van der Waals surface area (Å²) in [5, 5.41) is 5.72. The second-order valence-electron chi connectivity index (χ2n) is 5.04. The first-order valence-electron chi connectivity index (χ1n) is 7.51. The van der Waals surface area contributed by atoms with Crippen LogP contribution in [0.1, 0.15) is 10.4 Å². The molecule has 0 aliphatic heterocycles. The van der Waals surface area contributed by atoms with E-state index in [1.807, 2.05) is 0 Å². The van der Waals surface area contributed by atoms with Crippen LogP contribution in [0.15, 0.2) is 42.5 Å². The van der Waals surface area contributed by atoms with Gasteiger partial charge in [-0.15, -0.1) is 0 Å². The fourth-order valence-corrected chi connectivity index (χ4v) is 2.16. The number of benzene rings is 2. The molecule has 25 heavy (non-hydrogen) atoms. The Morgan fingerprint density at radius 3 is 2.48 bits per heavy atom. The number of carbonyl (C=O) groups excluding carboxylic acids is 2. The summed E-state index contributed by atoms with van der Waals surface area (Å²) >= 11 is 0. The van der Waals surface area contributed by atoms with Gasteiger partial charge in [-0.3, -0.25) is 4.79 Å². The standard InChI is InChI=1S/C18H20N2O5/c1-23-14-7-8-16(24-2)15(10-14)20-17(21)11-19-13-6-4-5-12(9-13)18(22)25-3/h4-10,19H,11H2,1-3H3,(H,20,21). The highest BCUT2D eigenvalue weighted by Crippen LogP contribution is 2.28. The Hall–Kier alpha value is -3.22. The first-order chi connectivity index (χ1) is 12.1. The average Bonchev–Trinajstić information content (AvgIpc) is 2.65. The second-order valence-corrected chi connectivity index (χ2v) is 5.04. The molecular weight excluding hydrogens is 324 g/mol.